The molecule has 0 N–H and O–H groups in total. The minimum Gasteiger partial charge on any atom is -0.257 e. The number of aryl methyl sites for hydroxylation is 2. The fourth-order valence-corrected chi connectivity index (χ4v) is 7.79. The van der Waals surface area contributed by atoms with E-state index in [9.17, 15) is 0 Å². The minimum absolute atomic E-state index is 0.00759. The Morgan fingerprint density at radius 3 is 2.23 bits per heavy atom. The standard InChI is InChI=1S/C26H22Cl3N/c27-24-22-23-19(20-15-25(28,29)26(20,22)24)14-18(13-17-9-5-2-6-10-17)21(30-23)12-11-16-7-3-1-4-8-16/h1-10,14,20,22,24H,11-13,15H2/t20-,22+,24-,26-/m1/s1. The number of hydrogen-bond acceptors (Lipinski definition) is 1. The van der Waals surface area contributed by atoms with Crippen LogP contribution in [-0.2, 0) is 19.3 Å². The predicted octanol–water partition coefficient (Wildman–Crippen LogP) is 6.82. The summed E-state index contributed by atoms with van der Waals surface area (Å²) in [5.41, 5.74) is 7.44. The number of nitrogens with zero attached hydrogens (tertiary/aromatic N) is 1. The maximum atomic E-state index is 6.74. The topological polar surface area (TPSA) is 12.9 Å². The van der Waals surface area contributed by atoms with Gasteiger partial charge in [-0.2, -0.15) is 0 Å². The third kappa shape index (κ3) is 2.58. The van der Waals surface area contributed by atoms with Crippen molar-refractivity contribution in [3.8, 4) is 0 Å². The molecule has 1 heterocycles. The van der Waals surface area contributed by atoms with Gasteiger partial charge < -0.3 is 0 Å². The molecule has 6 rings (SSSR count). The molecule has 0 bridgehead atoms. The zero-order valence-corrected chi connectivity index (χ0v) is 18.8. The molecule has 1 nitrogen and oxygen atoms in total. The van der Waals surface area contributed by atoms with Gasteiger partial charge in [0.05, 0.1) is 5.38 Å². The number of alkyl halides is 3. The van der Waals surface area contributed by atoms with E-state index < -0.39 is 4.33 Å². The molecule has 3 aromatic rings. The van der Waals surface area contributed by atoms with E-state index in [1.807, 2.05) is 0 Å². The lowest BCUT2D eigenvalue weighted by molar-refractivity contribution is 0.212. The van der Waals surface area contributed by atoms with Gasteiger partial charge in [-0.3, -0.25) is 4.98 Å². The Balaban J connectivity index is 1.38. The quantitative estimate of drug-likeness (QED) is 0.385. The van der Waals surface area contributed by atoms with Gasteiger partial charge in [-0.15, -0.1) is 34.8 Å². The van der Waals surface area contributed by atoms with Crippen molar-refractivity contribution in [2.45, 2.75) is 47.2 Å². The lowest BCUT2D eigenvalue weighted by Crippen LogP contribution is -2.47. The number of halogens is 3. The maximum Gasteiger partial charge on any atom is 0.127 e. The molecular formula is C26H22Cl3N. The molecule has 1 aromatic heterocycles. The summed E-state index contributed by atoms with van der Waals surface area (Å²) >= 11 is 20.1. The molecule has 0 aliphatic heterocycles. The molecule has 0 unspecified atom stereocenters. The summed E-state index contributed by atoms with van der Waals surface area (Å²) in [6, 6.07) is 23.7. The molecule has 3 aliphatic carbocycles. The van der Waals surface area contributed by atoms with Crippen LogP contribution in [0.5, 0.6) is 0 Å². The number of fused-ring (bicyclic) bond motifs is 3. The molecule has 4 heteroatoms. The molecule has 0 saturated heterocycles. The van der Waals surface area contributed by atoms with Crippen LogP contribution in [0, 0.1) is 5.41 Å². The van der Waals surface area contributed by atoms with Gasteiger partial charge in [0.15, 0.2) is 0 Å². The van der Waals surface area contributed by atoms with E-state index in [1.54, 1.807) is 0 Å². The number of rotatable bonds is 5. The molecule has 4 atom stereocenters. The van der Waals surface area contributed by atoms with Crippen LogP contribution in [0.1, 0.15) is 51.9 Å². The smallest absolute Gasteiger partial charge is 0.127 e. The number of aromatic nitrogens is 1. The first-order valence-electron chi connectivity index (χ1n) is 10.6. The molecule has 1 spiro atoms. The summed E-state index contributed by atoms with van der Waals surface area (Å²) in [6.07, 6.45) is 3.57. The van der Waals surface area contributed by atoms with Crippen LogP contribution < -0.4 is 0 Å². The zero-order chi connectivity index (χ0) is 20.5. The van der Waals surface area contributed by atoms with Gasteiger partial charge in [0.2, 0.25) is 0 Å². The normalized spacial score (nSPS) is 29.5. The monoisotopic (exact) mass is 453 g/mol. The van der Waals surface area contributed by atoms with Gasteiger partial charge in [-0.05, 0) is 53.9 Å². The average Bonchev–Trinajstić information content (AvgIpc) is 3.33. The van der Waals surface area contributed by atoms with Crippen LogP contribution in [0.2, 0.25) is 0 Å². The SMILES string of the molecule is Cl[C@@H]1[C@@H]2c3nc(CCc4ccccc4)c(Cc4ccccc4)cc3[C@H]3CC(Cl)(Cl)[C@@]312. The van der Waals surface area contributed by atoms with E-state index in [0.717, 1.165) is 31.4 Å². The predicted molar refractivity (Wildman–Crippen MR) is 124 cm³/mol. The summed E-state index contributed by atoms with van der Waals surface area (Å²) in [5.74, 6) is 0.546. The van der Waals surface area contributed by atoms with Crippen molar-refractivity contribution >= 4 is 34.8 Å². The van der Waals surface area contributed by atoms with Crippen LogP contribution in [0.3, 0.4) is 0 Å². The van der Waals surface area contributed by atoms with Crippen LogP contribution in [0.25, 0.3) is 0 Å². The molecule has 2 saturated carbocycles. The first-order chi connectivity index (χ1) is 14.5. The summed E-state index contributed by atoms with van der Waals surface area (Å²) in [4.78, 5) is 5.24. The van der Waals surface area contributed by atoms with Gasteiger partial charge in [0.25, 0.3) is 0 Å². The minimum atomic E-state index is -0.723. The van der Waals surface area contributed by atoms with Gasteiger partial charge in [-0.25, -0.2) is 0 Å². The number of pyridine rings is 1. The van der Waals surface area contributed by atoms with Crippen molar-refractivity contribution < 1.29 is 0 Å². The molecule has 2 aromatic carbocycles. The van der Waals surface area contributed by atoms with Gasteiger partial charge in [0, 0.05) is 22.7 Å². The second kappa shape index (κ2) is 6.73. The van der Waals surface area contributed by atoms with Crippen LogP contribution in [-0.4, -0.2) is 14.7 Å². The van der Waals surface area contributed by atoms with Crippen LogP contribution >= 0.6 is 34.8 Å². The highest BCUT2D eigenvalue weighted by Gasteiger charge is 2.87. The van der Waals surface area contributed by atoms with Crippen molar-refractivity contribution in [1.29, 1.82) is 0 Å². The first kappa shape index (κ1) is 19.2. The largest absolute Gasteiger partial charge is 0.257 e. The molecule has 152 valence electrons. The summed E-state index contributed by atoms with van der Waals surface area (Å²) in [5, 5.41) is 0.00759. The second-order valence-corrected chi connectivity index (χ2v) is 10.9. The van der Waals surface area contributed by atoms with Gasteiger partial charge >= 0.3 is 0 Å². The Kier molecular flexibility index (Phi) is 4.30. The van der Waals surface area contributed by atoms with E-state index in [1.165, 1.54) is 27.9 Å². The molecule has 3 aliphatic rings. The molecule has 2 fully saturated rings. The Morgan fingerprint density at radius 1 is 0.900 bits per heavy atom. The molecule has 30 heavy (non-hydrogen) atoms. The first-order valence-corrected chi connectivity index (χ1v) is 11.8. The van der Waals surface area contributed by atoms with Crippen LogP contribution in [0.15, 0.2) is 66.7 Å². The Bertz CT molecular complexity index is 1110. The van der Waals surface area contributed by atoms with Gasteiger partial charge in [0.1, 0.15) is 4.33 Å². The highest BCUT2D eigenvalue weighted by molar-refractivity contribution is 6.51. The lowest BCUT2D eigenvalue weighted by Gasteiger charge is -2.47. The third-order valence-electron chi connectivity index (χ3n) is 7.48. The summed E-state index contributed by atoms with van der Waals surface area (Å²) in [6.45, 7) is 0. The van der Waals surface area contributed by atoms with E-state index in [0.29, 0.717) is 5.92 Å². The lowest BCUT2D eigenvalue weighted by atomic mass is 9.68. The Hall–Kier alpha value is -1.54. The third-order valence-corrected chi connectivity index (χ3v) is 9.05. The van der Waals surface area contributed by atoms with Crippen molar-refractivity contribution in [3.05, 3.63) is 100 Å². The number of benzene rings is 2. The summed E-state index contributed by atoms with van der Waals surface area (Å²) in [7, 11) is 0. The van der Waals surface area contributed by atoms with Crippen molar-refractivity contribution in [2.75, 3.05) is 0 Å². The molecule has 0 amide bonds. The molecular weight excluding hydrogens is 433 g/mol. The zero-order valence-electron chi connectivity index (χ0n) is 16.5. The van der Waals surface area contributed by atoms with E-state index in [-0.39, 0.29) is 16.7 Å². The highest BCUT2D eigenvalue weighted by atomic mass is 35.5. The maximum absolute atomic E-state index is 6.74. The summed E-state index contributed by atoms with van der Waals surface area (Å²) < 4.78 is -0.723. The molecule has 0 radical (unpaired) electrons. The average molecular weight is 455 g/mol. The van der Waals surface area contributed by atoms with Crippen molar-refractivity contribution in [1.82, 2.24) is 4.98 Å². The van der Waals surface area contributed by atoms with Gasteiger partial charge in [-0.1, -0.05) is 66.7 Å². The van der Waals surface area contributed by atoms with Crippen LogP contribution in [0.4, 0.5) is 0 Å². The number of hydrogen-bond donors (Lipinski definition) is 0. The van der Waals surface area contributed by atoms with E-state index in [2.05, 4.69) is 66.7 Å². The van der Waals surface area contributed by atoms with Crippen molar-refractivity contribution in [3.63, 3.8) is 0 Å². The fraction of sp³-hybridized carbons (Fsp3) is 0.346. The Morgan fingerprint density at radius 2 is 1.57 bits per heavy atom. The van der Waals surface area contributed by atoms with E-state index in [4.69, 9.17) is 39.8 Å². The highest BCUT2D eigenvalue weighted by Crippen LogP contribution is 2.88. The fourth-order valence-electron chi connectivity index (χ4n) is 5.91. The van der Waals surface area contributed by atoms with Crippen molar-refractivity contribution in [2.24, 2.45) is 5.41 Å². The second-order valence-electron chi connectivity index (χ2n) is 8.99. The Labute approximate surface area is 192 Å². The van der Waals surface area contributed by atoms with E-state index >= 15 is 0 Å².